The van der Waals surface area contributed by atoms with Gasteiger partial charge in [-0.3, -0.25) is 14.0 Å². The van der Waals surface area contributed by atoms with Gasteiger partial charge in [-0.2, -0.15) is 18.3 Å². The lowest BCUT2D eigenvalue weighted by Gasteiger charge is -2.09. The molecule has 0 radical (unpaired) electrons. The lowest BCUT2D eigenvalue weighted by molar-refractivity contribution is -0.137. The van der Waals surface area contributed by atoms with Crippen molar-refractivity contribution >= 4 is 10.9 Å². The minimum Gasteiger partial charge on any atom is -0.294 e. The SMILES string of the molecule is Cc1c(Cn2cnc3cc(C(F)(F)F)ccc3c2=O)cnn1C. The molecule has 120 valence electrons. The van der Waals surface area contributed by atoms with Crippen LogP contribution in [0.3, 0.4) is 0 Å². The van der Waals surface area contributed by atoms with Gasteiger partial charge in [-0.1, -0.05) is 0 Å². The zero-order valence-electron chi connectivity index (χ0n) is 12.4. The topological polar surface area (TPSA) is 52.7 Å². The summed E-state index contributed by atoms with van der Waals surface area (Å²) in [5.41, 5.74) is 0.584. The highest BCUT2D eigenvalue weighted by atomic mass is 19.4. The maximum absolute atomic E-state index is 12.7. The molecular formula is C15H13F3N4O. The number of fused-ring (bicyclic) bond motifs is 1. The highest BCUT2D eigenvalue weighted by Crippen LogP contribution is 2.30. The maximum atomic E-state index is 12.7. The lowest BCUT2D eigenvalue weighted by Crippen LogP contribution is -2.21. The van der Waals surface area contributed by atoms with Gasteiger partial charge >= 0.3 is 6.18 Å². The Morgan fingerprint density at radius 2 is 2.00 bits per heavy atom. The highest BCUT2D eigenvalue weighted by Gasteiger charge is 2.30. The van der Waals surface area contributed by atoms with E-state index in [1.165, 1.54) is 17.0 Å². The molecule has 0 aliphatic carbocycles. The highest BCUT2D eigenvalue weighted by molar-refractivity contribution is 5.78. The van der Waals surface area contributed by atoms with E-state index in [4.69, 9.17) is 0 Å². The summed E-state index contributed by atoms with van der Waals surface area (Å²) in [6.07, 6.45) is -1.55. The van der Waals surface area contributed by atoms with Crippen LogP contribution < -0.4 is 5.56 Å². The van der Waals surface area contributed by atoms with Gasteiger partial charge in [-0.05, 0) is 25.1 Å². The second-order valence-corrected chi connectivity index (χ2v) is 5.29. The molecule has 1 aromatic carbocycles. The first-order chi connectivity index (χ1) is 10.8. The van der Waals surface area contributed by atoms with Crippen LogP contribution in [0.25, 0.3) is 10.9 Å². The van der Waals surface area contributed by atoms with Gasteiger partial charge in [0.2, 0.25) is 0 Å². The van der Waals surface area contributed by atoms with Crippen molar-refractivity contribution in [2.24, 2.45) is 7.05 Å². The van der Waals surface area contributed by atoms with Crippen molar-refractivity contribution < 1.29 is 13.2 Å². The number of nitrogens with zero attached hydrogens (tertiary/aromatic N) is 4. The van der Waals surface area contributed by atoms with Crippen molar-refractivity contribution in [1.82, 2.24) is 19.3 Å². The third-order valence-electron chi connectivity index (χ3n) is 3.83. The molecule has 0 atom stereocenters. The standard InChI is InChI=1S/C15H13F3N4O/c1-9-10(6-20-21(9)2)7-22-8-19-13-5-11(15(16,17)18)3-4-12(13)14(22)23/h3-6,8H,7H2,1-2H3. The predicted octanol–water partition coefficient (Wildman–Crippen LogP) is 2.51. The summed E-state index contributed by atoms with van der Waals surface area (Å²) in [5, 5.41) is 4.25. The van der Waals surface area contributed by atoms with Crippen molar-refractivity contribution in [3.63, 3.8) is 0 Å². The van der Waals surface area contributed by atoms with Gasteiger partial charge in [0.1, 0.15) is 0 Å². The molecule has 0 aliphatic rings. The minimum atomic E-state index is -4.46. The molecule has 0 saturated carbocycles. The van der Waals surface area contributed by atoms with Crippen LogP contribution in [0.15, 0.2) is 35.5 Å². The van der Waals surface area contributed by atoms with Crippen LogP contribution in [-0.4, -0.2) is 19.3 Å². The zero-order valence-corrected chi connectivity index (χ0v) is 12.4. The number of aryl methyl sites for hydroxylation is 1. The molecule has 0 saturated heterocycles. The summed E-state index contributed by atoms with van der Waals surface area (Å²) in [4.78, 5) is 16.4. The maximum Gasteiger partial charge on any atom is 0.416 e. The molecule has 0 amide bonds. The molecule has 23 heavy (non-hydrogen) atoms. The van der Waals surface area contributed by atoms with Crippen molar-refractivity contribution in [1.29, 1.82) is 0 Å². The molecule has 0 bridgehead atoms. The van der Waals surface area contributed by atoms with Crippen LogP contribution in [0.5, 0.6) is 0 Å². The Labute approximate surface area is 129 Å². The fraction of sp³-hybridized carbons (Fsp3) is 0.267. The summed E-state index contributed by atoms with van der Waals surface area (Å²) in [6.45, 7) is 2.14. The first-order valence-electron chi connectivity index (χ1n) is 6.81. The zero-order chi connectivity index (χ0) is 16.8. The Morgan fingerprint density at radius 1 is 1.26 bits per heavy atom. The van der Waals surface area contributed by atoms with Crippen molar-refractivity contribution in [2.75, 3.05) is 0 Å². The summed E-state index contributed by atoms with van der Waals surface area (Å²) < 4.78 is 41.2. The smallest absolute Gasteiger partial charge is 0.294 e. The summed E-state index contributed by atoms with van der Waals surface area (Å²) in [6, 6.07) is 2.95. The largest absolute Gasteiger partial charge is 0.416 e. The van der Waals surface area contributed by atoms with Crippen LogP contribution in [0.2, 0.25) is 0 Å². The van der Waals surface area contributed by atoms with E-state index in [1.807, 2.05) is 6.92 Å². The Morgan fingerprint density at radius 3 is 2.61 bits per heavy atom. The Bertz CT molecular complexity index is 940. The lowest BCUT2D eigenvalue weighted by atomic mass is 10.1. The second kappa shape index (κ2) is 5.22. The Hall–Kier alpha value is -2.64. The van der Waals surface area contributed by atoms with Gasteiger partial charge in [-0.25, -0.2) is 4.98 Å². The molecule has 2 heterocycles. The summed E-state index contributed by atoms with van der Waals surface area (Å²) >= 11 is 0. The van der Waals surface area contributed by atoms with Crippen molar-refractivity contribution in [3.8, 4) is 0 Å². The van der Waals surface area contributed by atoms with E-state index in [2.05, 4.69) is 10.1 Å². The first-order valence-corrected chi connectivity index (χ1v) is 6.81. The van der Waals surface area contributed by atoms with E-state index in [1.54, 1.807) is 17.9 Å². The van der Waals surface area contributed by atoms with Crippen LogP contribution in [-0.2, 0) is 19.8 Å². The Kier molecular flexibility index (Phi) is 3.46. The van der Waals surface area contributed by atoms with Gasteiger partial charge in [0, 0.05) is 18.3 Å². The number of hydrogen-bond donors (Lipinski definition) is 0. The molecule has 0 spiro atoms. The van der Waals surface area contributed by atoms with Crippen LogP contribution in [0.4, 0.5) is 13.2 Å². The molecule has 3 rings (SSSR count). The van der Waals surface area contributed by atoms with Gasteiger partial charge in [0.05, 0.1) is 35.5 Å². The van der Waals surface area contributed by atoms with E-state index in [0.717, 1.165) is 23.4 Å². The van der Waals surface area contributed by atoms with Gasteiger partial charge < -0.3 is 0 Å². The van der Waals surface area contributed by atoms with Gasteiger partial charge in [0.25, 0.3) is 5.56 Å². The average Bonchev–Trinajstić information content (AvgIpc) is 2.81. The molecule has 5 nitrogen and oxygen atoms in total. The molecule has 0 aliphatic heterocycles. The second-order valence-electron chi connectivity index (χ2n) is 5.29. The minimum absolute atomic E-state index is 0.0315. The van der Waals surface area contributed by atoms with E-state index >= 15 is 0 Å². The van der Waals surface area contributed by atoms with Gasteiger partial charge in [-0.15, -0.1) is 0 Å². The number of rotatable bonds is 2. The van der Waals surface area contributed by atoms with Gasteiger partial charge in [0.15, 0.2) is 0 Å². The number of aromatic nitrogens is 4. The number of hydrogen-bond acceptors (Lipinski definition) is 3. The third-order valence-corrected chi connectivity index (χ3v) is 3.83. The monoisotopic (exact) mass is 322 g/mol. The van der Waals surface area contributed by atoms with E-state index in [9.17, 15) is 18.0 Å². The van der Waals surface area contributed by atoms with Crippen LogP contribution in [0, 0.1) is 6.92 Å². The number of benzene rings is 1. The molecule has 0 N–H and O–H groups in total. The molecule has 8 heteroatoms. The fourth-order valence-electron chi connectivity index (χ4n) is 2.33. The molecule has 0 fully saturated rings. The van der Waals surface area contributed by atoms with Crippen molar-refractivity contribution in [3.05, 3.63) is 57.9 Å². The fourth-order valence-corrected chi connectivity index (χ4v) is 2.33. The molecule has 3 aromatic rings. The van der Waals surface area contributed by atoms with Crippen LogP contribution >= 0.6 is 0 Å². The van der Waals surface area contributed by atoms with E-state index in [-0.39, 0.29) is 23.0 Å². The molecule has 2 aromatic heterocycles. The predicted molar refractivity (Wildman–Crippen MR) is 78.1 cm³/mol. The van der Waals surface area contributed by atoms with E-state index < -0.39 is 11.7 Å². The third kappa shape index (κ3) is 2.71. The summed E-state index contributed by atoms with van der Waals surface area (Å²) in [7, 11) is 1.79. The van der Waals surface area contributed by atoms with Crippen LogP contribution in [0.1, 0.15) is 16.8 Å². The number of halogens is 3. The van der Waals surface area contributed by atoms with Crippen molar-refractivity contribution in [2.45, 2.75) is 19.6 Å². The Balaban J connectivity index is 2.06. The number of alkyl halides is 3. The van der Waals surface area contributed by atoms with E-state index in [0.29, 0.717) is 0 Å². The average molecular weight is 322 g/mol. The molecular weight excluding hydrogens is 309 g/mol. The first kappa shape index (κ1) is 15.3. The normalized spacial score (nSPS) is 12.0. The quantitative estimate of drug-likeness (QED) is 0.728. The summed E-state index contributed by atoms with van der Waals surface area (Å²) in [5.74, 6) is 0. The molecule has 0 unspecified atom stereocenters.